The topological polar surface area (TPSA) is 65.6 Å². The van der Waals surface area contributed by atoms with Gasteiger partial charge in [-0.3, -0.25) is 0 Å². The van der Waals surface area contributed by atoms with E-state index in [2.05, 4.69) is 0 Å². The second kappa shape index (κ2) is 135. The zero-order valence-corrected chi connectivity index (χ0v) is 6.90. The van der Waals surface area contributed by atoms with Crippen LogP contribution in [0.25, 0.3) is 0 Å². The van der Waals surface area contributed by atoms with E-state index < -0.39 is 0 Å². The minimum absolute atomic E-state index is 0. The molecule has 0 aliphatic carbocycles. The van der Waals surface area contributed by atoms with Crippen LogP contribution in [0, 0.1) is 0 Å². The van der Waals surface area contributed by atoms with Crippen LogP contribution >= 0.6 is 0 Å². The van der Waals surface area contributed by atoms with E-state index in [1.54, 1.807) is 0 Å². The summed E-state index contributed by atoms with van der Waals surface area (Å²) in [4.78, 5) is 0. The first kappa shape index (κ1) is 27.6. The van der Waals surface area contributed by atoms with Crippen LogP contribution in [0.1, 0.15) is 2.85 Å². The molecule has 2 N–H and O–H groups in total. The summed E-state index contributed by atoms with van der Waals surface area (Å²) in [6.07, 6.45) is 0. The number of hydrogen-bond acceptors (Lipinski definition) is 2. The molecule has 0 rings (SSSR count). The van der Waals surface area contributed by atoms with Crippen LogP contribution in [-0.4, -0.2) is 54.9 Å². The summed E-state index contributed by atoms with van der Waals surface area (Å²) in [5, 5.41) is 0. The molecule has 0 amide bonds. The zero-order valence-electron chi connectivity index (χ0n) is 5.18. The predicted octanol–water partition coefficient (Wildman–Crippen LogP) is -2.25. The van der Waals surface area contributed by atoms with Crippen LogP contribution < -0.4 is 0 Å². The van der Waals surface area contributed by atoms with Crippen LogP contribution in [0.3, 0.4) is 0 Å². The zero-order chi connectivity index (χ0) is 4.00. The van der Waals surface area contributed by atoms with E-state index in [1.807, 2.05) is 0 Å². The first-order chi connectivity index (χ1) is 2.00. The second-order valence-corrected chi connectivity index (χ2v) is 0. The van der Waals surface area contributed by atoms with Crippen molar-refractivity contribution >= 4 is 49.4 Å². The van der Waals surface area contributed by atoms with Crippen molar-refractivity contribution in [1.82, 2.24) is 0 Å². The molecule has 0 heterocycles. The monoisotopic (exact) mass is 132 g/mol. The average Bonchev–Trinajstić information content (AvgIpc) is 1.50. The van der Waals surface area contributed by atoms with Crippen molar-refractivity contribution in [2.24, 2.45) is 0 Å². The Morgan fingerprint density at radius 2 is 1.33 bits per heavy atom. The fourth-order valence-electron chi connectivity index (χ4n) is 0. The third kappa shape index (κ3) is 72.9. The summed E-state index contributed by atoms with van der Waals surface area (Å²) in [5.74, 6) is 0. The molecule has 0 aromatic carbocycles. The molecule has 32 valence electrons. The number of rotatable bonds is 0. The first-order valence-electron chi connectivity index (χ1n) is 0.471. The van der Waals surface area contributed by atoms with Crippen molar-refractivity contribution < 1.29 is 16.6 Å². The summed E-state index contributed by atoms with van der Waals surface area (Å²) in [6, 6.07) is 0. The Bertz CT molecular complexity index is 19.2. The summed E-state index contributed by atoms with van der Waals surface area (Å²) < 4.78 is 16.3. The van der Waals surface area contributed by atoms with Gasteiger partial charge in [0.2, 0.25) is 0 Å². The fourth-order valence-corrected chi connectivity index (χ4v) is 0. The molecule has 0 aromatic rings. The Kier molecular flexibility index (Phi) is 623. The van der Waals surface area contributed by atoms with E-state index in [-0.39, 0.29) is 31.4 Å². The molecular weight excluding hydrogens is 127 g/mol. The van der Waals surface area contributed by atoms with Gasteiger partial charge in [-0.25, -0.2) is 0 Å². The van der Waals surface area contributed by atoms with Crippen LogP contribution in [0.2, 0.25) is 0 Å². The standard InChI is InChI=1S/Al.Mg.HOSi.H2O.O.2H/c;;1-2;;;;/h;;2H;1H2;;;/q;+2;;;;2*-1. The van der Waals surface area contributed by atoms with Crippen molar-refractivity contribution in [3.8, 4) is 0 Å². The Morgan fingerprint density at radius 3 is 1.33 bits per heavy atom. The average molecular weight is 132 g/mol. The van der Waals surface area contributed by atoms with Crippen molar-refractivity contribution in [3.63, 3.8) is 0 Å². The van der Waals surface area contributed by atoms with Crippen LogP contribution in [0.15, 0.2) is 0 Å². The third-order valence-electron chi connectivity index (χ3n) is 0. The Hall–Kier alpha value is 1.08. The Morgan fingerprint density at radius 1 is 1.33 bits per heavy atom. The van der Waals surface area contributed by atoms with Crippen LogP contribution in [-0.2, 0) is 8.27 Å². The van der Waals surface area contributed by atoms with Crippen molar-refractivity contribution in [1.29, 1.82) is 0 Å². The molecule has 0 saturated carbocycles. The molecule has 0 saturated heterocycles. The van der Waals surface area contributed by atoms with E-state index in [1.165, 1.54) is 26.4 Å². The molecule has 0 aliphatic heterocycles. The van der Waals surface area contributed by atoms with Gasteiger partial charge >= 0.3 is 53.2 Å². The van der Waals surface area contributed by atoms with E-state index >= 15 is 0 Å². The van der Waals surface area contributed by atoms with Gasteiger partial charge in [0.05, 0.1) is 0 Å². The molecule has 0 atom stereocenters. The molecular formula is H5AlMgO3Si. The molecule has 3 nitrogen and oxygen atoms in total. The number of hydrogen-bond donors (Lipinski definition) is 0. The maximum absolute atomic E-state index is 8.17. The van der Waals surface area contributed by atoms with Gasteiger partial charge in [0.15, 0.2) is 0 Å². The Labute approximate surface area is 66.0 Å². The SMILES string of the molecule is O.O=[SiH].[H-].[H-].[Mg+2].[O]=[Al]. The summed E-state index contributed by atoms with van der Waals surface area (Å²) >= 11 is 1.17. The van der Waals surface area contributed by atoms with Crippen molar-refractivity contribution in [2.45, 2.75) is 0 Å². The van der Waals surface area contributed by atoms with Gasteiger partial charge in [0.25, 0.3) is 0 Å². The van der Waals surface area contributed by atoms with Crippen LogP contribution in [0.5, 0.6) is 0 Å². The molecule has 6 heteroatoms. The van der Waals surface area contributed by atoms with Gasteiger partial charge in [-0.15, -0.1) is 0 Å². The van der Waals surface area contributed by atoms with Gasteiger partial charge in [0, 0.05) is 0 Å². The van der Waals surface area contributed by atoms with Gasteiger partial charge in [0.1, 0.15) is 0 Å². The maximum atomic E-state index is 8.17. The van der Waals surface area contributed by atoms with Crippen LogP contribution in [0.4, 0.5) is 0 Å². The van der Waals surface area contributed by atoms with Crippen molar-refractivity contribution in [3.05, 3.63) is 0 Å². The third-order valence-corrected chi connectivity index (χ3v) is 0. The van der Waals surface area contributed by atoms with E-state index in [0.717, 1.165) is 0 Å². The van der Waals surface area contributed by atoms with Crippen molar-refractivity contribution in [2.75, 3.05) is 0 Å². The minimum atomic E-state index is 0. The van der Waals surface area contributed by atoms with Gasteiger partial charge < -0.3 is 12.8 Å². The molecule has 2 radical (unpaired) electrons. The predicted molar refractivity (Wildman–Crippen MR) is 25.9 cm³/mol. The molecule has 0 aromatic heterocycles. The van der Waals surface area contributed by atoms with E-state index in [0.29, 0.717) is 0 Å². The molecule has 6 heavy (non-hydrogen) atoms. The summed E-state index contributed by atoms with van der Waals surface area (Å²) in [5.41, 5.74) is 0. The summed E-state index contributed by atoms with van der Waals surface area (Å²) in [6.45, 7) is 0. The van der Waals surface area contributed by atoms with E-state index in [9.17, 15) is 0 Å². The molecule has 0 bridgehead atoms. The normalized spacial score (nSPS) is 1.17. The second-order valence-electron chi connectivity index (χ2n) is 0. The molecule has 0 unspecified atom stereocenters. The Balaban J connectivity index is -0.00000000167. The van der Waals surface area contributed by atoms with E-state index in [4.69, 9.17) is 8.27 Å². The summed E-state index contributed by atoms with van der Waals surface area (Å²) in [7, 11) is 1.17. The quantitative estimate of drug-likeness (QED) is 0.350. The van der Waals surface area contributed by atoms with Gasteiger partial charge in [-0.2, -0.15) is 0 Å². The molecule has 0 spiro atoms. The van der Waals surface area contributed by atoms with Gasteiger partial charge in [-0.1, -0.05) is 0 Å². The van der Waals surface area contributed by atoms with Gasteiger partial charge in [-0.05, 0) is 0 Å². The molecule has 0 aliphatic rings. The fraction of sp³-hybridized carbons (Fsp3) is 0. The molecule has 0 fully saturated rings. The first-order valence-corrected chi connectivity index (χ1v) is 1.41.